The molecule has 3 aliphatic heterocycles. The molecule has 3 aliphatic rings. The molecule has 2 fully saturated rings. The third-order valence-corrected chi connectivity index (χ3v) is 6.82. The first-order valence-electron chi connectivity index (χ1n) is 10.3. The molecule has 0 bridgehead atoms. The number of hydrogen-bond donors (Lipinski definition) is 1. The van der Waals surface area contributed by atoms with Crippen molar-refractivity contribution in [1.29, 1.82) is 0 Å². The molecule has 31 heavy (non-hydrogen) atoms. The van der Waals surface area contributed by atoms with Gasteiger partial charge in [-0.2, -0.15) is 0 Å². The van der Waals surface area contributed by atoms with Crippen LogP contribution >= 0.6 is 22.9 Å². The number of benzene rings is 1. The summed E-state index contributed by atoms with van der Waals surface area (Å²) in [5, 5.41) is 7.40. The molecule has 162 valence electrons. The van der Waals surface area contributed by atoms with E-state index in [-0.39, 0.29) is 12.5 Å². The standard InChI is InChI=1S/C21H22ClN5O3S/c22-18-7-6-17(31-18)20(28)24-12-16-13-26(21(29)30-16)15-4-2-14(3-5-15)19-23-8-11-25-9-1-10-27(19)25/h2-7,16H,1,8-13H2,(H,24,28). The number of carbonyl (C=O) groups is 2. The quantitative estimate of drug-likeness (QED) is 0.744. The Labute approximate surface area is 189 Å². The predicted octanol–water partition coefficient (Wildman–Crippen LogP) is 2.84. The van der Waals surface area contributed by atoms with Crippen LogP contribution in [0.25, 0.3) is 0 Å². The predicted molar refractivity (Wildman–Crippen MR) is 120 cm³/mol. The van der Waals surface area contributed by atoms with Crippen molar-refractivity contribution in [3.63, 3.8) is 0 Å². The zero-order valence-corrected chi connectivity index (χ0v) is 18.4. The van der Waals surface area contributed by atoms with Gasteiger partial charge in [0.2, 0.25) is 0 Å². The van der Waals surface area contributed by atoms with Crippen molar-refractivity contribution in [2.45, 2.75) is 12.5 Å². The van der Waals surface area contributed by atoms with Crippen LogP contribution in [0.5, 0.6) is 0 Å². The van der Waals surface area contributed by atoms with E-state index >= 15 is 0 Å². The van der Waals surface area contributed by atoms with Gasteiger partial charge in [-0.3, -0.25) is 19.7 Å². The Morgan fingerprint density at radius 1 is 1.19 bits per heavy atom. The number of rotatable bonds is 5. The molecular weight excluding hydrogens is 438 g/mol. The van der Waals surface area contributed by atoms with Gasteiger partial charge in [-0.1, -0.05) is 11.6 Å². The second-order valence-electron chi connectivity index (χ2n) is 7.61. The molecule has 1 aromatic heterocycles. The maximum atomic E-state index is 12.4. The number of hydrazine groups is 1. The summed E-state index contributed by atoms with van der Waals surface area (Å²) in [5.41, 5.74) is 1.81. The van der Waals surface area contributed by atoms with Crippen LogP contribution in [0.1, 0.15) is 21.7 Å². The molecule has 1 N–H and O–H groups in total. The molecule has 1 atom stereocenters. The highest BCUT2D eigenvalue weighted by Gasteiger charge is 2.33. The summed E-state index contributed by atoms with van der Waals surface area (Å²) in [7, 11) is 0. The summed E-state index contributed by atoms with van der Waals surface area (Å²) in [5.74, 6) is 0.772. The van der Waals surface area contributed by atoms with Crippen molar-refractivity contribution in [2.75, 3.05) is 44.2 Å². The molecule has 4 heterocycles. The van der Waals surface area contributed by atoms with E-state index in [9.17, 15) is 9.59 Å². The van der Waals surface area contributed by atoms with Gasteiger partial charge in [0.15, 0.2) is 0 Å². The van der Waals surface area contributed by atoms with Crippen molar-refractivity contribution in [2.24, 2.45) is 4.99 Å². The second-order valence-corrected chi connectivity index (χ2v) is 9.33. The smallest absolute Gasteiger partial charge is 0.414 e. The van der Waals surface area contributed by atoms with Crippen molar-refractivity contribution < 1.29 is 14.3 Å². The van der Waals surface area contributed by atoms with E-state index in [4.69, 9.17) is 21.3 Å². The molecule has 0 saturated carbocycles. The second kappa shape index (κ2) is 8.49. The minimum Gasteiger partial charge on any atom is -0.442 e. The van der Waals surface area contributed by atoms with Gasteiger partial charge in [-0.25, -0.2) is 9.80 Å². The fourth-order valence-corrected chi connectivity index (χ4v) is 5.05. The summed E-state index contributed by atoms with van der Waals surface area (Å²) >= 11 is 7.09. The van der Waals surface area contributed by atoms with Gasteiger partial charge in [0.05, 0.1) is 28.8 Å². The maximum absolute atomic E-state index is 12.4. The first-order chi connectivity index (χ1) is 15.1. The summed E-state index contributed by atoms with van der Waals surface area (Å²) in [6.07, 6.45) is 0.327. The summed E-state index contributed by atoms with van der Waals surface area (Å²) in [4.78, 5) is 31.4. The van der Waals surface area contributed by atoms with Gasteiger partial charge >= 0.3 is 6.09 Å². The normalized spacial score (nSPS) is 21.1. The Kier molecular flexibility index (Phi) is 5.56. The first-order valence-corrected chi connectivity index (χ1v) is 11.5. The number of aliphatic imine (C=N–C) groups is 1. The van der Waals surface area contributed by atoms with E-state index < -0.39 is 12.2 Å². The minimum absolute atomic E-state index is 0.222. The van der Waals surface area contributed by atoms with Crippen LogP contribution in [0.4, 0.5) is 10.5 Å². The highest BCUT2D eigenvalue weighted by Crippen LogP contribution is 2.25. The number of amides is 2. The van der Waals surface area contributed by atoms with E-state index in [1.165, 1.54) is 11.3 Å². The Morgan fingerprint density at radius 2 is 2.03 bits per heavy atom. The number of carbonyl (C=O) groups excluding carboxylic acids is 2. The molecular formula is C21H22ClN5O3S. The number of halogens is 1. The van der Waals surface area contributed by atoms with E-state index in [0.717, 1.165) is 49.7 Å². The fourth-order valence-electron chi connectivity index (χ4n) is 4.09. The van der Waals surface area contributed by atoms with Crippen molar-refractivity contribution in [1.82, 2.24) is 15.3 Å². The Balaban J connectivity index is 1.21. The zero-order chi connectivity index (χ0) is 21.4. The van der Waals surface area contributed by atoms with Crippen LogP contribution in [0.15, 0.2) is 41.4 Å². The molecule has 0 aliphatic carbocycles. The lowest BCUT2D eigenvalue weighted by Crippen LogP contribution is -2.46. The third kappa shape index (κ3) is 4.13. The number of nitrogens with zero attached hydrogens (tertiary/aromatic N) is 4. The molecule has 0 radical (unpaired) electrons. The summed E-state index contributed by atoms with van der Waals surface area (Å²) in [6, 6.07) is 11.2. The fraction of sp³-hybridized carbons (Fsp3) is 0.381. The number of anilines is 1. The molecule has 2 saturated heterocycles. The summed E-state index contributed by atoms with van der Waals surface area (Å²) in [6.45, 7) is 4.47. The average Bonchev–Trinajstić information content (AvgIpc) is 3.51. The zero-order valence-electron chi connectivity index (χ0n) is 16.8. The molecule has 1 unspecified atom stereocenters. The largest absolute Gasteiger partial charge is 0.442 e. The molecule has 1 aromatic carbocycles. The van der Waals surface area contributed by atoms with Crippen molar-refractivity contribution in [3.8, 4) is 0 Å². The van der Waals surface area contributed by atoms with Gasteiger partial charge in [-0.15, -0.1) is 11.3 Å². The number of hydrogen-bond acceptors (Lipinski definition) is 7. The van der Waals surface area contributed by atoms with Gasteiger partial charge in [-0.05, 0) is 42.8 Å². The molecule has 0 spiro atoms. The number of ether oxygens (including phenoxy) is 1. The van der Waals surface area contributed by atoms with Crippen LogP contribution in [0.2, 0.25) is 4.34 Å². The van der Waals surface area contributed by atoms with Crippen LogP contribution < -0.4 is 10.2 Å². The number of thiophene rings is 1. The lowest BCUT2D eigenvalue weighted by Gasteiger charge is -2.34. The Bertz CT molecular complexity index is 1020. The number of nitrogens with one attached hydrogen (secondary N) is 1. The topological polar surface area (TPSA) is 77.5 Å². The van der Waals surface area contributed by atoms with Gasteiger partial charge in [0.25, 0.3) is 5.91 Å². The maximum Gasteiger partial charge on any atom is 0.414 e. The van der Waals surface area contributed by atoms with Gasteiger partial charge < -0.3 is 10.1 Å². The number of amidine groups is 1. The molecule has 10 heteroatoms. The lowest BCUT2D eigenvalue weighted by atomic mass is 10.1. The number of cyclic esters (lactones) is 1. The van der Waals surface area contributed by atoms with Crippen molar-refractivity contribution in [3.05, 3.63) is 51.2 Å². The average molecular weight is 460 g/mol. The van der Waals surface area contributed by atoms with Crippen molar-refractivity contribution >= 4 is 46.5 Å². The molecule has 2 aromatic rings. The monoisotopic (exact) mass is 459 g/mol. The van der Waals surface area contributed by atoms with E-state index in [2.05, 4.69) is 15.3 Å². The minimum atomic E-state index is -0.410. The number of fused-ring (bicyclic) bond motifs is 1. The van der Waals surface area contributed by atoms with E-state index in [0.29, 0.717) is 15.8 Å². The SMILES string of the molecule is O=C(NCC1CN(c2ccc(C3=NCCN4CCCN34)cc2)C(=O)O1)c1ccc(Cl)s1. The van der Waals surface area contributed by atoms with Crippen LogP contribution in [-0.4, -0.2) is 73.2 Å². The third-order valence-electron chi connectivity index (χ3n) is 5.59. The van der Waals surface area contributed by atoms with E-state index in [1.54, 1.807) is 17.0 Å². The lowest BCUT2D eigenvalue weighted by molar-refractivity contribution is 0.0920. The molecule has 5 rings (SSSR count). The Morgan fingerprint density at radius 3 is 2.81 bits per heavy atom. The van der Waals surface area contributed by atoms with Gasteiger partial charge in [0, 0.05) is 30.9 Å². The highest BCUT2D eigenvalue weighted by molar-refractivity contribution is 7.18. The highest BCUT2D eigenvalue weighted by atomic mass is 35.5. The van der Waals surface area contributed by atoms with Crippen LogP contribution in [0, 0.1) is 0 Å². The summed E-state index contributed by atoms with van der Waals surface area (Å²) < 4.78 is 5.99. The van der Waals surface area contributed by atoms with Crippen LogP contribution in [-0.2, 0) is 4.74 Å². The van der Waals surface area contributed by atoms with Gasteiger partial charge in [0.1, 0.15) is 11.9 Å². The Hall–Kier alpha value is -2.62. The first kappa shape index (κ1) is 20.3. The van der Waals surface area contributed by atoms with E-state index in [1.807, 2.05) is 24.3 Å². The molecule has 8 nitrogen and oxygen atoms in total. The van der Waals surface area contributed by atoms with Crippen LogP contribution in [0.3, 0.4) is 0 Å². The molecule has 2 amide bonds.